The summed E-state index contributed by atoms with van der Waals surface area (Å²) in [7, 11) is 1.45. The highest BCUT2D eigenvalue weighted by Gasteiger charge is 2.37. The van der Waals surface area contributed by atoms with Gasteiger partial charge in [0.15, 0.2) is 0 Å². The summed E-state index contributed by atoms with van der Waals surface area (Å²) >= 11 is 1.72. The summed E-state index contributed by atoms with van der Waals surface area (Å²) in [6.45, 7) is 0. The third kappa shape index (κ3) is 2.26. The molecule has 0 saturated carbocycles. The zero-order valence-corrected chi connectivity index (χ0v) is 11.4. The highest BCUT2D eigenvalue weighted by atomic mass is 32.2. The van der Waals surface area contributed by atoms with Gasteiger partial charge in [0.2, 0.25) is 0 Å². The molecule has 0 radical (unpaired) electrons. The Balaban J connectivity index is 1.92. The number of benzene rings is 2. The van der Waals surface area contributed by atoms with Crippen LogP contribution in [0, 0.1) is 0 Å². The predicted octanol–water partition coefficient (Wildman–Crippen LogP) is 3.79. The normalized spacial score (nSPS) is 20.3. The number of rotatable bonds is 3. The first-order chi connectivity index (χ1) is 9.29. The molecule has 0 aromatic heterocycles. The van der Waals surface area contributed by atoms with E-state index in [4.69, 9.17) is 4.74 Å². The van der Waals surface area contributed by atoms with Gasteiger partial charge >= 0.3 is 5.97 Å². The molecule has 0 heterocycles. The Kier molecular flexibility index (Phi) is 3.30. The molecule has 2 atom stereocenters. The summed E-state index contributed by atoms with van der Waals surface area (Å²) in [6.07, 6.45) is 0. The predicted molar refractivity (Wildman–Crippen MR) is 76.2 cm³/mol. The molecule has 2 unspecified atom stereocenters. The van der Waals surface area contributed by atoms with Gasteiger partial charge in [-0.2, -0.15) is 0 Å². The first-order valence-electron chi connectivity index (χ1n) is 6.19. The minimum absolute atomic E-state index is 0.111. The van der Waals surface area contributed by atoms with Crippen molar-refractivity contribution < 1.29 is 9.53 Å². The van der Waals surface area contributed by atoms with Crippen LogP contribution in [-0.4, -0.2) is 13.1 Å². The van der Waals surface area contributed by atoms with Crippen LogP contribution in [0.25, 0.3) is 0 Å². The van der Waals surface area contributed by atoms with Crippen molar-refractivity contribution in [3.05, 3.63) is 65.7 Å². The van der Waals surface area contributed by atoms with Crippen molar-refractivity contribution in [3.8, 4) is 0 Å². The first kappa shape index (κ1) is 12.3. The summed E-state index contributed by atoms with van der Waals surface area (Å²) in [5.74, 6) is -0.352. The topological polar surface area (TPSA) is 26.3 Å². The average molecular weight is 270 g/mol. The van der Waals surface area contributed by atoms with Gasteiger partial charge in [0.1, 0.15) is 0 Å². The van der Waals surface area contributed by atoms with Crippen molar-refractivity contribution >= 4 is 17.7 Å². The molecule has 0 N–H and O–H groups in total. The van der Waals surface area contributed by atoms with Crippen LogP contribution < -0.4 is 0 Å². The first-order valence-corrected chi connectivity index (χ1v) is 7.07. The molecule has 2 bridgehead atoms. The maximum Gasteiger partial charge on any atom is 0.314 e. The van der Waals surface area contributed by atoms with Crippen LogP contribution in [0.3, 0.4) is 0 Å². The Morgan fingerprint density at radius 3 is 2.53 bits per heavy atom. The molecule has 96 valence electrons. The second-order valence-corrected chi connectivity index (χ2v) is 5.74. The number of esters is 1. The highest BCUT2D eigenvalue weighted by Crippen LogP contribution is 2.50. The van der Waals surface area contributed by atoms with Gasteiger partial charge in [-0.1, -0.05) is 42.5 Å². The summed E-state index contributed by atoms with van der Waals surface area (Å²) in [5.41, 5.74) is 2.25. The van der Waals surface area contributed by atoms with Gasteiger partial charge in [-0.15, -0.1) is 11.8 Å². The van der Waals surface area contributed by atoms with Crippen LogP contribution in [0.1, 0.15) is 22.3 Å². The van der Waals surface area contributed by atoms with E-state index >= 15 is 0 Å². The van der Waals surface area contributed by atoms with Crippen molar-refractivity contribution in [2.45, 2.75) is 16.1 Å². The maximum absolute atomic E-state index is 12.0. The smallest absolute Gasteiger partial charge is 0.314 e. The van der Waals surface area contributed by atoms with Crippen molar-refractivity contribution in [1.29, 1.82) is 0 Å². The van der Waals surface area contributed by atoms with Gasteiger partial charge in [0.05, 0.1) is 18.3 Å². The third-order valence-electron chi connectivity index (χ3n) is 3.36. The Hall–Kier alpha value is -1.74. The Morgan fingerprint density at radius 1 is 1.05 bits per heavy atom. The lowest BCUT2D eigenvalue weighted by Crippen LogP contribution is -2.15. The van der Waals surface area contributed by atoms with Gasteiger partial charge in [-0.3, -0.25) is 4.79 Å². The molecule has 3 heteroatoms. The number of thioether (sulfide) groups is 1. The largest absolute Gasteiger partial charge is 0.469 e. The Morgan fingerprint density at radius 2 is 1.79 bits per heavy atom. The molecule has 0 spiro atoms. The molecule has 0 aliphatic heterocycles. The standard InChI is InChI=1S/C16H14O2S/c1-18-16(17)14-11-6-5-7-12(10-11)15(14)19-13-8-3-2-4-9-13/h2-10,14-15H,1H3. The molecule has 1 aliphatic carbocycles. The summed E-state index contributed by atoms with van der Waals surface area (Å²) < 4.78 is 4.96. The quantitative estimate of drug-likeness (QED) is 0.794. The second-order valence-electron chi connectivity index (χ2n) is 4.52. The van der Waals surface area contributed by atoms with E-state index in [2.05, 4.69) is 24.3 Å². The molecule has 0 amide bonds. The molecule has 1 aliphatic rings. The number of hydrogen-bond acceptors (Lipinski definition) is 3. The SMILES string of the molecule is COC(=O)C1c2cccc(c2)C1Sc1ccccc1. The molecular weight excluding hydrogens is 256 g/mol. The van der Waals surface area contributed by atoms with Crippen LogP contribution in [0.2, 0.25) is 0 Å². The van der Waals surface area contributed by atoms with E-state index < -0.39 is 0 Å². The van der Waals surface area contributed by atoms with Gasteiger partial charge in [-0.25, -0.2) is 0 Å². The van der Waals surface area contributed by atoms with Crippen molar-refractivity contribution in [2.24, 2.45) is 0 Å². The minimum atomic E-state index is -0.194. The summed E-state index contributed by atoms with van der Waals surface area (Å²) in [5, 5.41) is 0.111. The summed E-state index contributed by atoms with van der Waals surface area (Å²) in [6, 6.07) is 18.3. The minimum Gasteiger partial charge on any atom is -0.469 e. The van der Waals surface area contributed by atoms with E-state index in [1.165, 1.54) is 17.6 Å². The fourth-order valence-electron chi connectivity index (χ4n) is 2.47. The third-order valence-corrected chi connectivity index (χ3v) is 4.71. The number of hydrogen-bond donors (Lipinski definition) is 0. The van der Waals surface area contributed by atoms with E-state index in [0.29, 0.717) is 0 Å². The average Bonchev–Trinajstić information content (AvgIpc) is 2.70. The number of fused-ring (bicyclic) bond motifs is 2. The monoisotopic (exact) mass is 270 g/mol. The molecule has 2 nitrogen and oxygen atoms in total. The fraction of sp³-hybridized carbons (Fsp3) is 0.188. The molecule has 2 aromatic carbocycles. The lowest BCUT2D eigenvalue weighted by molar-refractivity contribution is -0.142. The van der Waals surface area contributed by atoms with Crippen molar-refractivity contribution in [1.82, 2.24) is 0 Å². The lowest BCUT2D eigenvalue weighted by atomic mass is 10.0. The van der Waals surface area contributed by atoms with Crippen LogP contribution >= 0.6 is 11.8 Å². The van der Waals surface area contributed by atoms with Gasteiger partial charge in [-0.05, 0) is 23.3 Å². The van der Waals surface area contributed by atoms with Crippen LogP contribution in [0.15, 0.2) is 59.5 Å². The number of ether oxygens (including phenoxy) is 1. The van der Waals surface area contributed by atoms with E-state index in [9.17, 15) is 4.79 Å². The van der Waals surface area contributed by atoms with Crippen LogP contribution in [0.4, 0.5) is 0 Å². The second kappa shape index (κ2) is 5.10. The number of carbonyl (C=O) groups is 1. The number of carbonyl (C=O) groups excluding carboxylic acids is 1. The number of methoxy groups -OCH3 is 1. The zero-order valence-electron chi connectivity index (χ0n) is 10.6. The molecule has 0 fully saturated rings. The lowest BCUT2D eigenvalue weighted by Gasteiger charge is -2.18. The van der Waals surface area contributed by atoms with Crippen molar-refractivity contribution in [3.63, 3.8) is 0 Å². The zero-order chi connectivity index (χ0) is 13.2. The highest BCUT2D eigenvalue weighted by molar-refractivity contribution is 7.99. The fourth-order valence-corrected chi connectivity index (χ4v) is 3.76. The molecule has 3 rings (SSSR count). The molecule has 0 saturated heterocycles. The molecular formula is C16H14O2S. The molecule has 2 aromatic rings. The van der Waals surface area contributed by atoms with E-state index in [-0.39, 0.29) is 17.1 Å². The van der Waals surface area contributed by atoms with Gasteiger partial charge in [0.25, 0.3) is 0 Å². The van der Waals surface area contributed by atoms with E-state index in [1.54, 1.807) is 11.8 Å². The van der Waals surface area contributed by atoms with Gasteiger partial charge in [0, 0.05) is 4.90 Å². The van der Waals surface area contributed by atoms with Crippen molar-refractivity contribution in [2.75, 3.05) is 7.11 Å². The van der Waals surface area contributed by atoms with Crippen LogP contribution in [0.5, 0.6) is 0 Å². The maximum atomic E-state index is 12.0. The van der Waals surface area contributed by atoms with Crippen LogP contribution in [-0.2, 0) is 9.53 Å². The summed E-state index contributed by atoms with van der Waals surface area (Å²) in [4.78, 5) is 13.2. The Bertz CT molecular complexity index is 595. The van der Waals surface area contributed by atoms with E-state index in [1.807, 2.05) is 30.3 Å². The van der Waals surface area contributed by atoms with Gasteiger partial charge < -0.3 is 4.74 Å². The molecule has 19 heavy (non-hydrogen) atoms. The Labute approximate surface area is 116 Å². The van der Waals surface area contributed by atoms with E-state index in [0.717, 1.165) is 5.56 Å².